The number of hydrogen-bond donors (Lipinski definition) is 3. The maximum Gasteiger partial charge on any atom is 0.323 e. The molecule has 2 rings (SSSR count). The first-order valence-corrected chi connectivity index (χ1v) is 4.59. The van der Waals surface area contributed by atoms with Crippen LogP contribution in [0.4, 0.5) is 0 Å². The fourth-order valence-corrected chi connectivity index (χ4v) is 1.49. The Bertz CT molecular complexity index is 480. The van der Waals surface area contributed by atoms with Gasteiger partial charge in [-0.2, -0.15) is 0 Å². The summed E-state index contributed by atoms with van der Waals surface area (Å²) in [5, 5.41) is 0. The molecule has 0 fully saturated rings. The molecule has 0 spiro atoms. The SMILES string of the molecule is O=c1[nH]cc(C(=S)Cc2ccc[nH]2)[nH]1. The van der Waals surface area contributed by atoms with Gasteiger partial charge in [-0.05, 0) is 12.1 Å². The molecule has 3 N–H and O–H groups in total. The van der Waals surface area contributed by atoms with Gasteiger partial charge in [0.1, 0.15) is 0 Å². The third-order valence-corrected chi connectivity index (χ3v) is 2.27. The number of H-pyrrole nitrogens is 3. The maximum atomic E-state index is 10.8. The summed E-state index contributed by atoms with van der Waals surface area (Å²) in [7, 11) is 0. The number of thiocarbonyl (C=S) groups is 1. The highest BCUT2D eigenvalue weighted by molar-refractivity contribution is 7.80. The highest BCUT2D eigenvalue weighted by atomic mass is 32.1. The van der Waals surface area contributed by atoms with Gasteiger partial charge in [-0.25, -0.2) is 4.79 Å². The highest BCUT2D eigenvalue weighted by Crippen LogP contribution is 2.02. The molecule has 0 amide bonds. The van der Waals surface area contributed by atoms with Gasteiger partial charge in [0.05, 0.1) is 5.69 Å². The fraction of sp³-hybridized carbons (Fsp3) is 0.111. The molecule has 0 saturated carbocycles. The second-order valence-electron chi connectivity index (χ2n) is 2.95. The van der Waals surface area contributed by atoms with Crippen LogP contribution in [0.1, 0.15) is 11.4 Å². The minimum absolute atomic E-state index is 0.228. The van der Waals surface area contributed by atoms with Crippen molar-refractivity contribution >= 4 is 17.1 Å². The molecule has 2 aromatic heterocycles. The van der Waals surface area contributed by atoms with Crippen molar-refractivity contribution in [1.29, 1.82) is 0 Å². The Morgan fingerprint density at radius 2 is 2.29 bits per heavy atom. The van der Waals surface area contributed by atoms with Crippen molar-refractivity contribution in [3.63, 3.8) is 0 Å². The summed E-state index contributed by atoms with van der Waals surface area (Å²) in [5.74, 6) is 0. The number of aromatic nitrogens is 3. The molecular weight excluding hydrogens is 198 g/mol. The van der Waals surface area contributed by atoms with Crippen LogP contribution in [0.5, 0.6) is 0 Å². The van der Waals surface area contributed by atoms with Crippen LogP contribution in [0.3, 0.4) is 0 Å². The van der Waals surface area contributed by atoms with E-state index in [4.69, 9.17) is 12.2 Å². The Kier molecular flexibility index (Phi) is 2.32. The van der Waals surface area contributed by atoms with Crippen molar-refractivity contribution in [3.8, 4) is 0 Å². The molecule has 0 saturated heterocycles. The molecule has 0 aromatic carbocycles. The Hall–Kier alpha value is -1.62. The van der Waals surface area contributed by atoms with Crippen molar-refractivity contribution in [2.45, 2.75) is 6.42 Å². The van der Waals surface area contributed by atoms with E-state index in [0.29, 0.717) is 17.0 Å². The minimum atomic E-state index is -0.228. The summed E-state index contributed by atoms with van der Waals surface area (Å²) in [6.07, 6.45) is 4.07. The highest BCUT2D eigenvalue weighted by Gasteiger charge is 2.04. The smallest absolute Gasteiger partial charge is 0.323 e. The number of aromatic amines is 3. The number of imidazole rings is 1. The zero-order valence-corrected chi connectivity index (χ0v) is 8.15. The lowest BCUT2D eigenvalue weighted by Crippen LogP contribution is -2.06. The van der Waals surface area contributed by atoms with Crippen LogP contribution in [0.2, 0.25) is 0 Å². The van der Waals surface area contributed by atoms with Crippen molar-refractivity contribution < 1.29 is 0 Å². The molecule has 72 valence electrons. The second kappa shape index (κ2) is 3.63. The first-order chi connectivity index (χ1) is 6.75. The molecule has 0 aliphatic heterocycles. The van der Waals surface area contributed by atoms with Crippen LogP contribution >= 0.6 is 12.2 Å². The predicted octanol–water partition coefficient (Wildman–Crippen LogP) is 0.992. The normalized spacial score (nSPS) is 10.3. The summed E-state index contributed by atoms with van der Waals surface area (Å²) in [4.78, 5) is 19.7. The van der Waals surface area contributed by atoms with E-state index in [0.717, 1.165) is 5.69 Å². The van der Waals surface area contributed by atoms with E-state index in [1.165, 1.54) is 0 Å². The molecule has 2 heterocycles. The van der Waals surface area contributed by atoms with Crippen LogP contribution in [0, 0.1) is 0 Å². The maximum absolute atomic E-state index is 10.8. The molecule has 14 heavy (non-hydrogen) atoms. The average molecular weight is 207 g/mol. The van der Waals surface area contributed by atoms with Gasteiger partial charge in [-0.3, -0.25) is 0 Å². The van der Waals surface area contributed by atoms with Gasteiger partial charge in [-0.15, -0.1) is 0 Å². The fourth-order valence-electron chi connectivity index (χ4n) is 1.23. The third kappa shape index (κ3) is 1.82. The second-order valence-corrected chi connectivity index (χ2v) is 3.44. The summed E-state index contributed by atoms with van der Waals surface area (Å²) < 4.78 is 0. The summed E-state index contributed by atoms with van der Waals surface area (Å²) in [6.45, 7) is 0. The summed E-state index contributed by atoms with van der Waals surface area (Å²) >= 11 is 5.17. The average Bonchev–Trinajstić information content (AvgIpc) is 2.75. The van der Waals surface area contributed by atoms with E-state index < -0.39 is 0 Å². The van der Waals surface area contributed by atoms with E-state index in [2.05, 4.69) is 15.0 Å². The van der Waals surface area contributed by atoms with Crippen LogP contribution in [0.15, 0.2) is 29.3 Å². The lowest BCUT2D eigenvalue weighted by Gasteiger charge is -1.97. The molecule has 0 unspecified atom stereocenters. The summed E-state index contributed by atoms with van der Waals surface area (Å²) in [6, 6.07) is 3.87. The molecule has 0 bridgehead atoms. The van der Waals surface area contributed by atoms with E-state index in [-0.39, 0.29) is 5.69 Å². The van der Waals surface area contributed by atoms with Gasteiger partial charge < -0.3 is 15.0 Å². The van der Waals surface area contributed by atoms with Crippen molar-refractivity contribution in [2.75, 3.05) is 0 Å². The Morgan fingerprint density at radius 3 is 2.86 bits per heavy atom. The molecule has 4 nitrogen and oxygen atoms in total. The van der Waals surface area contributed by atoms with E-state index in [9.17, 15) is 4.79 Å². The number of rotatable bonds is 3. The Labute approximate surface area is 85.4 Å². The monoisotopic (exact) mass is 207 g/mol. The van der Waals surface area contributed by atoms with Crippen LogP contribution in [-0.4, -0.2) is 19.8 Å². The van der Waals surface area contributed by atoms with Gasteiger partial charge in [0, 0.05) is 29.4 Å². The molecule has 5 heteroatoms. The Balaban J connectivity index is 2.14. The lowest BCUT2D eigenvalue weighted by molar-refractivity contribution is 1.17. The largest absolute Gasteiger partial charge is 0.365 e. The van der Waals surface area contributed by atoms with Crippen LogP contribution in [-0.2, 0) is 6.42 Å². The van der Waals surface area contributed by atoms with Crippen molar-refractivity contribution in [3.05, 3.63) is 46.4 Å². The van der Waals surface area contributed by atoms with Gasteiger partial charge in [0.25, 0.3) is 0 Å². The summed E-state index contributed by atoms with van der Waals surface area (Å²) in [5.41, 5.74) is 1.49. The molecule has 2 aromatic rings. The van der Waals surface area contributed by atoms with Crippen LogP contribution < -0.4 is 5.69 Å². The van der Waals surface area contributed by atoms with E-state index >= 15 is 0 Å². The van der Waals surface area contributed by atoms with E-state index in [1.54, 1.807) is 6.20 Å². The Morgan fingerprint density at radius 1 is 1.43 bits per heavy atom. The first kappa shape index (κ1) is 8.96. The molecule has 0 aliphatic rings. The topological polar surface area (TPSA) is 64.4 Å². The van der Waals surface area contributed by atoms with Gasteiger partial charge in [-0.1, -0.05) is 12.2 Å². The predicted molar refractivity (Wildman–Crippen MR) is 57.6 cm³/mol. The van der Waals surface area contributed by atoms with Gasteiger partial charge in [0.2, 0.25) is 0 Å². The van der Waals surface area contributed by atoms with Crippen molar-refractivity contribution in [1.82, 2.24) is 15.0 Å². The first-order valence-electron chi connectivity index (χ1n) is 4.19. The standard InChI is InChI=1S/C9H9N3OS/c13-9-11-5-7(12-9)8(14)4-6-2-1-3-10-6/h1-3,5,10H,4H2,(H2,11,12,13). The quantitative estimate of drug-likeness (QED) is 0.519. The molecule has 0 radical (unpaired) electrons. The van der Waals surface area contributed by atoms with Gasteiger partial charge in [0.15, 0.2) is 0 Å². The molecule has 0 atom stereocenters. The third-order valence-electron chi connectivity index (χ3n) is 1.91. The minimum Gasteiger partial charge on any atom is -0.365 e. The zero-order chi connectivity index (χ0) is 9.97. The molecule has 0 aliphatic carbocycles. The zero-order valence-electron chi connectivity index (χ0n) is 7.33. The lowest BCUT2D eigenvalue weighted by atomic mass is 10.2. The van der Waals surface area contributed by atoms with Crippen LogP contribution in [0.25, 0.3) is 0 Å². The molecular formula is C9H9N3OS. The van der Waals surface area contributed by atoms with E-state index in [1.807, 2.05) is 18.3 Å². The number of hydrogen-bond acceptors (Lipinski definition) is 2. The number of nitrogens with one attached hydrogen (secondary N) is 3. The van der Waals surface area contributed by atoms with Gasteiger partial charge >= 0.3 is 5.69 Å². The van der Waals surface area contributed by atoms with Crippen molar-refractivity contribution in [2.24, 2.45) is 0 Å².